The summed E-state index contributed by atoms with van der Waals surface area (Å²) in [7, 11) is 0. The lowest BCUT2D eigenvalue weighted by Crippen LogP contribution is -2.38. The molecule has 0 spiro atoms. The molecule has 0 bridgehead atoms. The smallest absolute Gasteiger partial charge is 0.162 e. The van der Waals surface area contributed by atoms with Crippen molar-refractivity contribution in [2.45, 2.75) is 97.9 Å². The van der Waals surface area contributed by atoms with Gasteiger partial charge < -0.3 is 18.9 Å². The van der Waals surface area contributed by atoms with E-state index in [1.165, 1.54) is 37.9 Å². The van der Waals surface area contributed by atoms with Crippen molar-refractivity contribution < 1.29 is 18.9 Å². The Morgan fingerprint density at radius 3 is 1.65 bits per heavy atom. The minimum Gasteiger partial charge on any atom is -0.352 e. The van der Waals surface area contributed by atoms with Crippen LogP contribution in [0.4, 0.5) is 0 Å². The van der Waals surface area contributed by atoms with Gasteiger partial charge in [0, 0.05) is 23.5 Å². The van der Waals surface area contributed by atoms with Crippen molar-refractivity contribution in [1.82, 2.24) is 0 Å². The molecule has 3 unspecified atom stereocenters. The topological polar surface area (TPSA) is 36.9 Å². The summed E-state index contributed by atoms with van der Waals surface area (Å²) in [6.07, 6.45) is 9.68. The summed E-state index contributed by atoms with van der Waals surface area (Å²) < 4.78 is 22.2. The normalized spacial score (nSPS) is 38.6. The highest BCUT2D eigenvalue weighted by molar-refractivity contribution is 7.99. The van der Waals surface area contributed by atoms with Crippen LogP contribution in [0, 0.1) is 23.7 Å². The van der Waals surface area contributed by atoms with E-state index in [1.54, 1.807) is 5.57 Å². The zero-order valence-corrected chi connectivity index (χ0v) is 21.8. The lowest BCUT2D eigenvalue weighted by molar-refractivity contribution is -0.259. The maximum Gasteiger partial charge on any atom is 0.162 e. The highest BCUT2D eigenvalue weighted by Gasteiger charge is 2.26. The monoisotopic (exact) mass is 456 g/mol. The third kappa shape index (κ3) is 12.1. The molecule has 4 nitrogen and oxygen atoms in total. The summed E-state index contributed by atoms with van der Waals surface area (Å²) in [6.45, 7) is 16.5. The van der Waals surface area contributed by atoms with E-state index in [1.807, 2.05) is 0 Å². The van der Waals surface area contributed by atoms with Gasteiger partial charge in [-0.25, -0.2) is 0 Å². The molecule has 3 atom stereocenters. The van der Waals surface area contributed by atoms with Gasteiger partial charge in [0.05, 0.1) is 26.4 Å². The van der Waals surface area contributed by atoms with Crippen molar-refractivity contribution in [3.05, 3.63) is 11.6 Å². The third-order valence-corrected chi connectivity index (χ3v) is 7.85. The standard InChI is InChI=1S/C11H20O4.C8H14.C7H14S/c1-8-4-12-10(13-5-8)3-11-14-6-9(2)7-15-11;1-7-3-5-8(2)6-4-7;1-6-3-4-7(2)8-5-6/h8-11H,3-7H2,1-2H3;3,8H,4-6H2,1-2H3;6-7H,3-5H2,1-2H3. The van der Waals surface area contributed by atoms with Gasteiger partial charge in [-0.1, -0.05) is 46.3 Å². The molecule has 182 valence electrons. The van der Waals surface area contributed by atoms with E-state index < -0.39 is 0 Å². The molecule has 0 amide bonds. The van der Waals surface area contributed by atoms with Gasteiger partial charge >= 0.3 is 0 Å². The van der Waals surface area contributed by atoms with E-state index in [0.717, 1.165) is 43.5 Å². The summed E-state index contributed by atoms with van der Waals surface area (Å²) in [4.78, 5) is 0. The fourth-order valence-corrected chi connectivity index (χ4v) is 4.95. The molecule has 31 heavy (non-hydrogen) atoms. The Morgan fingerprint density at radius 1 is 0.742 bits per heavy atom. The van der Waals surface area contributed by atoms with Gasteiger partial charge in [0.2, 0.25) is 0 Å². The molecule has 0 aromatic carbocycles. The van der Waals surface area contributed by atoms with Crippen LogP contribution in [0.3, 0.4) is 0 Å². The lowest BCUT2D eigenvalue weighted by Gasteiger charge is -2.32. The summed E-state index contributed by atoms with van der Waals surface area (Å²) >= 11 is 2.13. The minimum absolute atomic E-state index is 0.153. The largest absolute Gasteiger partial charge is 0.352 e. The summed E-state index contributed by atoms with van der Waals surface area (Å²) in [6, 6.07) is 0. The van der Waals surface area contributed by atoms with Gasteiger partial charge in [-0.05, 0) is 56.6 Å². The maximum atomic E-state index is 5.54. The molecule has 0 aromatic heterocycles. The van der Waals surface area contributed by atoms with Crippen LogP contribution in [0.15, 0.2) is 11.6 Å². The SMILES string of the molecule is CC1=CCC(C)CC1.CC1CCC(C)SC1.CC1COC(CC2OCC(C)CO2)OC1. The fourth-order valence-electron chi connectivity index (χ4n) is 3.82. The van der Waals surface area contributed by atoms with Gasteiger partial charge in [0.15, 0.2) is 12.6 Å². The van der Waals surface area contributed by atoms with Crippen LogP contribution in [-0.2, 0) is 18.9 Å². The highest BCUT2D eigenvalue weighted by atomic mass is 32.2. The molecule has 0 aromatic rings. The predicted molar refractivity (Wildman–Crippen MR) is 131 cm³/mol. The molecule has 1 aliphatic carbocycles. The molecule has 3 fully saturated rings. The van der Waals surface area contributed by atoms with Gasteiger partial charge in [0.25, 0.3) is 0 Å². The second-order valence-corrected chi connectivity index (χ2v) is 11.9. The maximum absolute atomic E-state index is 5.54. The van der Waals surface area contributed by atoms with Crippen molar-refractivity contribution in [3.63, 3.8) is 0 Å². The van der Waals surface area contributed by atoms with Crippen molar-refractivity contribution in [2.24, 2.45) is 23.7 Å². The quantitative estimate of drug-likeness (QED) is 0.433. The zero-order chi connectivity index (χ0) is 22.6. The number of thioether (sulfide) groups is 1. The first kappa shape index (κ1) is 27.2. The Kier molecular flexibility index (Phi) is 13.1. The Morgan fingerprint density at radius 2 is 1.29 bits per heavy atom. The Bertz CT molecular complexity index is 458. The first-order valence-electron chi connectivity index (χ1n) is 12.5. The van der Waals surface area contributed by atoms with Crippen molar-refractivity contribution >= 4 is 11.8 Å². The molecular formula is C26H48O4S. The first-order chi connectivity index (χ1) is 14.8. The van der Waals surface area contributed by atoms with Crippen LogP contribution >= 0.6 is 11.8 Å². The van der Waals surface area contributed by atoms with Crippen molar-refractivity contribution in [3.8, 4) is 0 Å². The highest BCUT2D eigenvalue weighted by Crippen LogP contribution is 2.28. The van der Waals surface area contributed by atoms with E-state index in [2.05, 4.69) is 59.4 Å². The average Bonchev–Trinajstić information content (AvgIpc) is 2.76. The second kappa shape index (κ2) is 15.0. The van der Waals surface area contributed by atoms with Crippen LogP contribution < -0.4 is 0 Å². The third-order valence-electron chi connectivity index (χ3n) is 6.28. The van der Waals surface area contributed by atoms with E-state index in [9.17, 15) is 0 Å². The molecule has 4 aliphatic rings. The Hall–Kier alpha value is -0.0700. The average molecular weight is 457 g/mol. The fraction of sp³-hybridized carbons (Fsp3) is 0.923. The summed E-state index contributed by atoms with van der Waals surface area (Å²) in [5, 5.41) is 0.936. The number of rotatable bonds is 2. The molecule has 4 rings (SSSR count). The molecule has 0 saturated carbocycles. The number of hydrogen-bond acceptors (Lipinski definition) is 5. The molecule has 3 saturated heterocycles. The molecule has 3 aliphatic heterocycles. The van der Waals surface area contributed by atoms with Crippen LogP contribution in [-0.4, -0.2) is 50.0 Å². The van der Waals surface area contributed by atoms with Crippen molar-refractivity contribution in [2.75, 3.05) is 32.2 Å². The van der Waals surface area contributed by atoms with E-state index in [4.69, 9.17) is 18.9 Å². The molecular weight excluding hydrogens is 408 g/mol. The molecule has 3 heterocycles. The number of ether oxygens (including phenoxy) is 4. The molecule has 0 radical (unpaired) electrons. The van der Waals surface area contributed by atoms with Gasteiger partial charge in [-0.3, -0.25) is 0 Å². The van der Waals surface area contributed by atoms with Crippen LogP contribution in [0.2, 0.25) is 0 Å². The minimum atomic E-state index is -0.153. The van der Waals surface area contributed by atoms with Crippen molar-refractivity contribution in [1.29, 1.82) is 0 Å². The van der Waals surface area contributed by atoms with E-state index in [-0.39, 0.29) is 12.6 Å². The van der Waals surface area contributed by atoms with E-state index in [0.29, 0.717) is 18.3 Å². The Labute approximate surface area is 196 Å². The summed E-state index contributed by atoms with van der Waals surface area (Å²) in [5.74, 6) is 4.31. The van der Waals surface area contributed by atoms with Gasteiger partial charge in [-0.15, -0.1) is 0 Å². The predicted octanol–water partition coefficient (Wildman–Crippen LogP) is 6.69. The molecule has 5 heteroatoms. The lowest BCUT2D eigenvalue weighted by atomic mass is 9.92. The van der Waals surface area contributed by atoms with Crippen LogP contribution in [0.5, 0.6) is 0 Å². The van der Waals surface area contributed by atoms with Gasteiger partial charge in [0.1, 0.15) is 0 Å². The zero-order valence-electron chi connectivity index (χ0n) is 20.9. The number of hydrogen-bond donors (Lipinski definition) is 0. The van der Waals surface area contributed by atoms with E-state index >= 15 is 0 Å². The number of allylic oxidation sites excluding steroid dienone is 2. The summed E-state index contributed by atoms with van der Waals surface area (Å²) in [5.41, 5.74) is 1.59. The van der Waals surface area contributed by atoms with Gasteiger partial charge in [-0.2, -0.15) is 11.8 Å². The second-order valence-electron chi connectivity index (χ2n) is 10.4. The van der Waals surface area contributed by atoms with Crippen LogP contribution in [0.25, 0.3) is 0 Å². The Balaban J connectivity index is 0.000000181. The molecule has 0 N–H and O–H groups in total. The first-order valence-corrected chi connectivity index (χ1v) is 13.6. The van der Waals surface area contributed by atoms with Crippen LogP contribution in [0.1, 0.15) is 80.1 Å².